The molecular weight excluding hydrogens is 364 g/mol. The highest BCUT2D eigenvalue weighted by Gasteiger charge is 2.23. The van der Waals surface area contributed by atoms with Gasteiger partial charge in [-0.2, -0.15) is 5.10 Å². The number of rotatable bonds is 6. The number of aromatic nitrogens is 2. The highest BCUT2D eigenvalue weighted by atomic mass is 32.2. The summed E-state index contributed by atoms with van der Waals surface area (Å²) in [5.41, 5.74) is 1.97. The Labute approximate surface area is 161 Å². The Morgan fingerprint density at radius 3 is 2.22 bits per heavy atom. The molecule has 1 aromatic heterocycles. The summed E-state index contributed by atoms with van der Waals surface area (Å²) in [5, 5.41) is 7.33. The molecule has 0 saturated carbocycles. The third kappa shape index (κ3) is 4.95. The Bertz CT molecular complexity index is 907. The van der Waals surface area contributed by atoms with Gasteiger partial charge in [0.25, 0.3) is 5.91 Å². The predicted octanol–water partition coefficient (Wildman–Crippen LogP) is 2.60. The molecule has 0 aliphatic rings. The normalized spacial score (nSPS) is 12.4. The standard InChI is InChI=1S/C19H28N4O3S/c1-13(2)17-11-16(22-23(17)19(3,4)5)18(24)21-12-14-7-9-15(10-8-14)27(25,26)20-6/h7-11,13,20H,12H2,1-6H3,(H,21,24). The number of amides is 1. The average molecular weight is 393 g/mol. The van der Waals surface area contributed by atoms with Gasteiger partial charge in [0.05, 0.1) is 10.4 Å². The van der Waals surface area contributed by atoms with Crippen molar-refractivity contribution in [2.75, 3.05) is 7.05 Å². The smallest absolute Gasteiger partial charge is 0.272 e. The molecule has 1 amide bonds. The summed E-state index contributed by atoms with van der Waals surface area (Å²) in [7, 11) is -2.10. The van der Waals surface area contributed by atoms with Crippen LogP contribution in [0.4, 0.5) is 0 Å². The van der Waals surface area contributed by atoms with Crippen LogP contribution in [0.5, 0.6) is 0 Å². The average Bonchev–Trinajstić information content (AvgIpc) is 3.06. The molecule has 7 nitrogen and oxygen atoms in total. The number of hydrogen-bond donors (Lipinski definition) is 2. The number of sulfonamides is 1. The number of nitrogens with zero attached hydrogens (tertiary/aromatic N) is 2. The first-order valence-electron chi connectivity index (χ1n) is 8.87. The van der Waals surface area contributed by atoms with Crippen molar-refractivity contribution < 1.29 is 13.2 Å². The Morgan fingerprint density at radius 2 is 1.78 bits per heavy atom. The first-order valence-corrected chi connectivity index (χ1v) is 10.3. The molecule has 2 rings (SSSR count). The minimum atomic E-state index is -3.46. The quantitative estimate of drug-likeness (QED) is 0.790. The van der Waals surface area contributed by atoms with Gasteiger partial charge in [0.2, 0.25) is 10.0 Å². The molecule has 0 unspecified atom stereocenters. The van der Waals surface area contributed by atoms with Crippen molar-refractivity contribution in [2.45, 2.75) is 57.5 Å². The fourth-order valence-electron chi connectivity index (χ4n) is 2.63. The highest BCUT2D eigenvalue weighted by molar-refractivity contribution is 7.89. The van der Waals surface area contributed by atoms with E-state index < -0.39 is 10.0 Å². The zero-order valence-corrected chi connectivity index (χ0v) is 17.5. The maximum Gasteiger partial charge on any atom is 0.272 e. The fourth-order valence-corrected chi connectivity index (χ4v) is 3.36. The lowest BCUT2D eigenvalue weighted by Crippen LogP contribution is -2.27. The monoisotopic (exact) mass is 392 g/mol. The second-order valence-corrected chi connectivity index (χ2v) is 9.61. The van der Waals surface area contributed by atoms with E-state index in [4.69, 9.17) is 0 Å². The molecule has 148 valence electrons. The van der Waals surface area contributed by atoms with E-state index in [1.165, 1.54) is 19.2 Å². The van der Waals surface area contributed by atoms with Gasteiger partial charge in [-0.1, -0.05) is 26.0 Å². The molecule has 0 bridgehead atoms. The van der Waals surface area contributed by atoms with E-state index in [-0.39, 0.29) is 28.8 Å². The third-order valence-electron chi connectivity index (χ3n) is 4.15. The van der Waals surface area contributed by atoms with Crippen LogP contribution < -0.4 is 10.0 Å². The first kappa shape index (κ1) is 21.1. The largest absolute Gasteiger partial charge is 0.347 e. The fraction of sp³-hybridized carbons (Fsp3) is 0.474. The van der Waals surface area contributed by atoms with E-state index in [1.807, 2.05) is 31.5 Å². The van der Waals surface area contributed by atoms with Crippen molar-refractivity contribution in [3.8, 4) is 0 Å². The summed E-state index contributed by atoms with van der Waals surface area (Å²) in [6, 6.07) is 8.21. The van der Waals surface area contributed by atoms with Gasteiger partial charge >= 0.3 is 0 Å². The lowest BCUT2D eigenvalue weighted by atomic mass is 10.1. The van der Waals surface area contributed by atoms with Gasteiger partial charge in [-0.25, -0.2) is 13.1 Å². The number of carbonyl (C=O) groups is 1. The SMILES string of the molecule is CNS(=O)(=O)c1ccc(CNC(=O)c2cc(C(C)C)n(C(C)(C)C)n2)cc1. The summed E-state index contributed by atoms with van der Waals surface area (Å²) >= 11 is 0. The molecule has 0 fully saturated rings. The molecule has 0 aliphatic carbocycles. The molecule has 1 heterocycles. The minimum absolute atomic E-state index is 0.186. The third-order valence-corrected chi connectivity index (χ3v) is 5.58. The van der Waals surface area contributed by atoms with Crippen LogP contribution >= 0.6 is 0 Å². The van der Waals surface area contributed by atoms with Gasteiger partial charge in [-0.15, -0.1) is 0 Å². The molecule has 2 N–H and O–H groups in total. The second kappa shape index (κ2) is 7.82. The maximum atomic E-state index is 12.5. The van der Waals surface area contributed by atoms with Crippen molar-refractivity contribution in [3.05, 3.63) is 47.3 Å². The number of carbonyl (C=O) groups excluding carboxylic acids is 1. The van der Waals surface area contributed by atoms with Crippen LogP contribution in [-0.2, 0) is 22.1 Å². The van der Waals surface area contributed by atoms with Crippen molar-refractivity contribution in [3.63, 3.8) is 0 Å². The van der Waals surface area contributed by atoms with Crippen LogP contribution in [0.1, 0.15) is 62.3 Å². The summed E-state index contributed by atoms with van der Waals surface area (Å²) in [4.78, 5) is 12.7. The van der Waals surface area contributed by atoms with Crippen LogP contribution in [0.15, 0.2) is 35.2 Å². The minimum Gasteiger partial charge on any atom is -0.347 e. The highest BCUT2D eigenvalue weighted by Crippen LogP contribution is 2.23. The van der Waals surface area contributed by atoms with E-state index in [0.29, 0.717) is 5.69 Å². The predicted molar refractivity (Wildman–Crippen MR) is 105 cm³/mol. The number of nitrogens with one attached hydrogen (secondary N) is 2. The Kier molecular flexibility index (Phi) is 6.11. The molecule has 0 aliphatic heterocycles. The van der Waals surface area contributed by atoms with Gasteiger partial charge < -0.3 is 5.32 Å². The number of benzene rings is 1. The van der Waals surface area contributed by atoms with Crippen LogP contribution in [0.2, 0.25) is 0 Å². The lowest BCUT2D eigenvalue weighted by molar-refractivity contribution is 0.0944. The Hall–Kier alpha value is -2.19. The molecule has 2 aromatic rings. The van der Waals surface area contributed by atoms with E-state index in [0.717, 1.165) is 11.3 Å². The molecular formula is C19H28N4O3S. The topological polar surface area (TPSA) is 93.1 Å². The molecule has 8 heteroatoms. The summed E-state index contributed by atoms with van der Waals surface area (Å²) in [6.45, 7) is 10.6. The molecule has 0 radical (unpaired) electrons. The Balaban J connectivity index is 2.12. The van der Waals surface area contributed by atoms with Gasteiger partial charge in [-0.05, 0) is 57.5 Å². The van der Waals surface area contributed by atoms with E-state index in [9.17, 15) is 13.2 Å². The van der Waals surface area contributed by atoms with Crippen molar-refractivity contribution in [1.29, 1.82) is 0 Å². The molecule has 0 spiro atoms. The van der Waals surface area contributed by atoms with Gasteiger partial charge in [-0.3, -0.25) is 9.48 Å². The van der Waals surface area contributed by atoms with E-state index >= 15 is 0 Å². The second-order valence-electron chi connectivity index (χ2n) is 7.73. The van der Waals surface area contributed by atoms with E-state index in [2.05, 4.69) is 29.0 Å². The molecule has 27 heavy (non-hydrogen) atoms. The van der Waals surface area contributed by atoms with Crippen molar-refractivity contribution in [2.24, 2.45) is 0 Å². The van der Waals surface area contributed by atoms with Crippen LogP contribution in [0.25, 0.3) is 0 Å². The zero-order valence-electron chi connectivity index (χ0n) is 16.7. The summed E-state index contributed by atoms with van der Waals surface area (Å²) in [6.07, 6.45) is 0. The number of hydrogen-bond acceptors (Lipinski definition) is 4. The van der Waals surface area contributed by atoms with E-state index in [1.54, 1.807) is 12.1 Å². The van der Waals surface area contributed by atoms with Gasteiger partial charge in [0, 0.05) is 12.2 Å². The van der Waals surface area contributed by atoms with Crippen molar-refractivity contribution in [1.82, 2.24) is 19.8 Å². The van der Waals surface area contributed by atoms with Gasteiger partial charge in [0.15, 0.2) is 0 Å². The molecule has 0 saturated heterocycles. The first-order chi connectivity index (χ1) is 12.5. The Morgan fingerprint density at radius 1 is 1.19 bits per heavy atom. The van der Waals surface area contributed by atoms with Gasteiger partial charge in [0.1, 0.15) is 5.69 Å². The summed E-state index contributed by atoms with van der Waals surface area (Å²) in [5.74, 6) is -0.00762. The lowest BCUT2D eigenvalue weighted by Gasteiger charge is -2.23. The molecule has 0 atom stereocenters. The van der Waals surface area contributed by atoms with Crippen LogP contribution in [0.3, 0.4) is 0 Å². The van der Waals surface area contributed by atoms with Crippen molar-refractivity contribution >= 4 is 15.9 Å². The zero-order chi connectivity index (χ0) is 20.4. The molecule has 1 aromatic carbocycles. The maximum absolute atomic E-state index is 12.5. The summed E-state index contributed by atoms with van der Waals surface area (Å²) < 4.78 is 27.6. The van der Waals surface area contributed by atoms with Crippen LogP contribution in [-0.4, -0.2) is 31.2 Å². The van der Waals surface area contributed by atoms with Crippen LogP contribution in [0, 0.1) is 0 Å².